The van der Waals surface area contributed by atoms with Gasteiger partial charge >= 0.3 is 0 Å². The summed E-state index contributed by atoms with van der Waals surface area (Å²) in [4.78, 5) is 4.28. The first-order chi connectivity index (χ1) is 7.88. The number of nitrogens with zero attached hydrogens (tertiary/aromatic N) is 2. The van der Waals surface area contributed by atoms with Gasteiger partial charge in [0.05, 0.1) is 10.6 Å². The molecule has 0 amide bonds. The topological polar surface area (TPSA) is 59.2 Å². The molecular formula is C12H13ClN2O2. The van der Waals surface area contributed by atoms with Gasteiger partial charge in [-0.25, -0.2) is 0 Å². The maximum absolute atomic E-state index is 9.42. The van der Waals surface area contributed by atoms with Gasteiger partial charge in [-0.3, -0.25) is 0 Å². The van der Waals surface area contributed by atoms with Crippen LogP contribution in [0.25, 0.3) is 11.5 Å². The number of aromatic hydroxyl groups is 1. The van der Waals surface area contributed by atoms with Gasteiger partial charge in [0.2, 0.25) is 0 Å². The van der Waals surface area contributed by atoms with Gasteiger partial charge in [-0.1, -0.05) is 37.5 Å². The molecule has 2 aromatic rings. The van der Waals surface area contributed by atoms with E-state index in [-0.39, 0.29) is 11.2 Å². The molecule has 0 fully saturated rings. The number of rotatable bonds is 1. The highest BCUT2D eigenvalue weighted by Crippen LogP contribution is 2.31. The second-order valence-corrected chi connectivity index (χ2v) is 5.24. The van der Waals surface area contributed by atoms with Gasteiger partial charge < -0.3 is 9.63 Å². The molecule has 0 aliphatic carbocycles. The lowest BCUT2D eigenvalue weighted by Gasteiger charge is -2.10. The van der Waals surface area contributed by atoms with Crippen LogP contribution in [0.5, 0.6) is 5.75 Å². The van der Waals surface area contributed by atoms with Crippen LogP contribution >= 0.6 is 11.6 Å². The molecule has 17 heavy (non-hydrogen) atoms. The number of halogens is 1. The van der Waals surface area contributed by atoms with E-state index in [1.54, 1.807) is 6.07 Å². The zero-order chi connectivity index (χ0) is 12.6. The Morgan fingerprint density at radius 1 is 1.29 bits per heavy atom. The van der Waals surface area contributed by atoms with E-state index in [2.05, 4.69) is 10.1 Å². The van der Waals surface area contributed by atoms with Gasteiger partial charge in [0.1, 0.15) is 5.75 Å². The fourth-order valence-corrected chi connectivity index (χ4v) is 1.51. The zero-order valence-corrected chi connectivity index (χ0v) is 10.6. The molecule has 4 nitrogen and oxygen atoms in total. The molecule has 0 aliphatic rings. The summed E-state index contributed by atoms with van der Waals surface area (Å²) in [6.07, 6.45) is 0. The van der Waals surface area contributed by atoms with E-state index in [1.165, 1.54) is 12.1 Å². The molecular weight excluding hydrogens is 240 g/mol. The molecule has 2 rings (SSSR count). The van der Waals surface area contributed by atoms with Gasteiger partial charge in [0.25, 0.3) is 5.89 Å². The molecule has 5 heteroatoms. The molecule has 90 valence electrons. The van der Waals surface area contributed by atoms with Crippen molar-refractivity contribution in [2.45, 2.75) is 26.2 Å². The maximum Gasteiger partial charge on any atom is 0.259 e. The van der Waals surface area contributed by atoms with Gasteiger partial charge in [-0.15, -0.1) is 0 Å². The second-order valence-electron chi connectivity index (χ2n) is 4.84. The molecule has 0 radical (unpaired) electrons. The Hall–Kier alpha value is -1.55. The first kappa shape index (κ1) is 11.9. The quantitative estimate of drug-likeness (QED) is 0.845. The Kier molecular flexibility index (Phi) is 2.83. The van der Waals surface area contributed by atoms with Crippen LogP contribution in [0, 0.1) is 0 Å². The van der Waals surface area contributed by atoms with Crippen molar-refractivity contribution in [3.8, 4) is 17.2 Å². The van der Waals surface area contributed by atoms with Gasteiger partial charge in [0.15, 0.2) is 5.82 Å². The van der Waals surface area contributed by atoms with Crippen LogP contribution in [0.3, 0.4) is 0 Å². The molecule has 1 aromatic heterocycles. The number of phenols is 1. The summed E-state index contributed by atoms with van der Waals surface area (Å²) >= 11 is 6.02. The van der Waals surface area contributed by atoms with Crippen molar-refractivity contribution >= 4 is 11.6 Å². The number of benzene rings is 1. The molecule has 0 saturated heterocycles. The summed E-state index contributed by atoms with van der Waals surface area (Å²) in [6, 6.07) is 4.60. The van der Waals surface area contributed by atoms with E-state index in [0.29, 0.717) is 22.3 Å². The molecule has 1 aromatic carbocycles. The predicted molar refractivity (Wildman–Crippen MR) is 65.1 cm³/mol. The first-order valence-electron chi connectivity index (χ1n) is 5.21. The van der Waals surface area contributed by atoms with E-state index >= 15 is 0 Å². The lowest BCUT2D eigenvalue weighted by atomic mass is 9.96. The number of aromatic nitrogens is 2. The summed E-state index contributed by atoms with van der Waals surface area (Å²) in [6.45, 7) is 5.98. The molecule has 0 atom stereocenters. The van der Waals surface area contributed by atoms with Crippen LogP contribution in [0.2, 0.25) is 5.02 Å². The fraction of sp³-hybridized carbons (Fsp3) is 0.333. The standard InChI is InChI=1S/C12H13ClN2O2/c1-12(2,3)11-14-10(17-15-11)8-6-7(16)4-5-9(8)13/h4-6,16H,1-3H3. The Labute approximate surface area is 104 Å². The smallest absolute Gasteiger partial charge is 0.259 e. The van der Waals surface area contributed by atoms with Gasteiger partial charge in [0, 0.05) is 5.41 Å². The molecule has 1 N–H and O–H groups in total. The van der Waals surface area contributed by atoms with Crippen molar-refractivity contribution in [1.82, 2.24) is 10.1 Å². The van der Waals surface area contributed by atoms with Crippen molar-refractivity contribution in [1.29, 1.82) is 0 Å². The molecule has 0 aliphatic heterocycles. The van der Waals surface area contributed by atoms with Crippen molar-refractivity contribution < 1.29 is 9.63 Å². The number of phenolic OH excluding ortho intramolecular Hbond substituents is 1. The molecule has 0 unspecified atom stereocenters. The third kappa shape index (κ3) is 2.42. The van der Waals surface area contributed by atoms with Crippen LogP contribution in [0.4, 0.5) is 0 Å². The van der Waals surface area contributed by atoms with E-state index in [0.717, 1.165) is 0 Å². The summed E-state index contributed by atoms with van der Waals surface area (Å²) in [5, 5.41) is 13.8. The van der Waals surface area contributed by atoms with Crippen LogP contribution in [0.1, 0.15) is 26.6 Å². The minimum absolute atomic E-state index is 0.111. The lowest BCUT2D eigenvalue weighted by molar-refractivity contribution is 0.402. The van der Waals surface area contributed by atoms with Crippen LogP contribution in [-0.4, -0.2) is 15.2 Å². The zero-order valence-electron chi connectivity index (χ0n) is 9.86. The summed E-state index contributed by atoms with van der Waals surface area (Å²) < 4.78 is 5.16. The van der Waals surface area contributed by atoms with Gasteiger partial charge in [-0.05, 0) is 18.2 Å². The monoisotopic (exact) mass is 252 g/mol. The van der Waals surface area contributed by atoms with Crippen molar-refractivity contribution in [3.05, 3.63) is 29.0 Å². The largest absolute Gasteiger partial charge is 0.508 e. The van der Waals surface area contributed by atoms with Crippen molar-refractivity contribution in [2.24, 2.45) is 0 Å². The van der Waals surface area contributed by atoms with Crippen LogP contribution < -0.4 is 0 Å². The predicted octanol–water partition coefficient (Wildman–Crippen LogP) is 3.39. The summed E-state index contributed by atoms with van der Waals surface area (Å²) in [5.41, 5.74) is 0.347. The average Bonchev–Trinajstić information content (AvgIpc) is 2.70. The Bertz CT molecular complexity index is 544. The van der Waals surface area contributed by atoms with E-state index in [4.69, 9.17) is 16.1 Å². The fourth-order valence-electron chi connectivity index (χ4n) is 1.31. The number of hydrogen-bond donors (Lipinski definition) is 1. The van der Waals surface area contributed by atoms with Crippen LogP contribution in [-0.2, 0) is 5.41 Å². The third-order valence-corrected chi connectivity index (χ3v) is 2.61. The maximum atomic E-state index is 9.42. The van der Waals surface area contributed by atoms with E-state index in [1.807, 2.05) is 20.8 Å². The van der Waals surface area contributed by atoms with Crippen molar-refractivity contribution in [2.75, 3.05) is 0 Å². The SMILES string of the molecule is CC(C)(C)c1noc(-c2cc(O)ccc2Cl)n1. The Morgan fingerprint density at radius 3 is 2.59 bits per heavy atom. The first-order valence-corrected chi connectivity index (χ1v) is 5.59. The van der Waals surface area contributed by atoms with Gasteiger partial charge in [-0.2, -0.15) is 4.98 Å². The summed E-state index contributed by atoms with van der Waals surface area (Å²) in [5.74, 6) is 1.03. The second kappa shape index (κ2) is 4.04. The van der Waals surface area contributed by atoms with Crippen molar-refractivity contribution in [3.63, 3.8) is 0 Å². The highest BCUT2D eigenvalue weighted by molar-refractivity contribution is 6.33. The lowest BCUT2D eigenvalue weighted by Crippen LogP contribution is -2.13. The Morgan fingerprint density at radius 2 is 2.00 bits per heavy atom. The van der Waals surface area contributed by atoms with E-state index < -0.39 is 0 Å². The summed E-state index contributed by atoms with van der Waals surface area (Å²) in [7, 11) is 0. The third-order valence-electron chi connectivity index (χ3n) is 2.28. The highest BCUT2D eigenvalue weighted by Gasteiger charge is 2.22. The molecule has 0 spiro atoms. The average molecular weight is 253 g/mol. The minimum Gasteiger partial charge on any atom is -0.508 e. The van der Waals surface area contributed by atoms with E-state index in [9.17, 15) is 5.11 Å². The number of hydrogen-bond acceptors (Lipinski definition) is 4. The van der Waals surface area contributed by atoms with Crippen LogP contribution in [0.15, 0.2) is 22.7 Å². The molecule has 0 saturated carbocycles. The minimum atomic E-state index is -0.189. The normalized spacial score (nSPS) is 11.8. The highest BCUT2D eigenvalue weighted by atomic mass is 35.5. The Balaban J connectivity index is 2.47. The molecule has 0 bridgehead atoms. The molecule has 1 heterocycles.